The molecule has 0 saturated heterocycles. The molecular weight excluding hydrogens is 288 g/mol. The zero-order valence-electron chi connectivity index (χ0n) is 14.4. The second kappa shape index (κ2) is 16.6. The Bertz CT molecular complexity index is 403. The lowest BCUT2D eigenvalue weighted by Gasteiger charge is -1.94. The molecule has 3 nitrogen and oxygen atoms in total. The maximum absolute atomic E-state index is 10.3. The van der Waals surface area contributed by atoms with E-state index in [1.165, 1.54) is 25.7 Å². The van der Waals surface area contributed by atoms with Crippen molar-refractivity contribution in [1.29, 1.82) is 0 Å². The van der Waals surface area contributed by atoms with Gasteiger partial charge in [0.1, 0.15) is 5.76 Å². The number of allylic oxidation sites excluding steroid dienone is 7. The Morgan fingerprint density at radius 1 is 0.826 bits per heavy atom. The highest BCUT2D eigenvalue weighted by molar-refractivity contribution is 5.66. The van der Waals surface area contributed by atoms with Crippen LogP contribution in [0.5, 0.6) is 0 Å². The molecular formula is C20H32O3. The molecule has 0 amide bonds. The van der Waals surface area contributed by atoms with Gasteiger partial charge in [-0.2, -0.15) is 0 Å². The highest BCUT2D eigenvalue weighted by Crippen LogP contribution is 2.04. The standard InChI is InChI=1S/C20H32O3/c1-2-3-4-5-6-7-8-9-10-13-16-19(21)17-14-11-12-15-18-20(22)23/h6-7,9-10,14,16-17,21H,2-5,8,11-13,15,18H2,1H3,(H,22,23)/b7-6+,10-9+,17-14+,19-16-. The van der Waals surface area contributed by atoms with E-state index in [1.807, 2.05) is 12.2 Å². The third-order valence-electron chi connectivity index (χ3n) is 3.34. The van der Waals surface area contributed by atoms with E-state index >= 15 is 0 Å². The van der Waals surface area contributed by atoms with Crippen LogP contribution < -0.4 is 0 Å². The molecule has 0 aliphatic heterocycles. The highest BCUT2D eigenvalue weighted by Gasteiger charge is 1.94. The molecule has 130 valence electrons. The molecule has 0 unspecified atom stereocenters. The molecule has 0 rings (SSSR count). The Kier molecular flexibility index (Phi) is 15.3. The number of aliphatic hydroxyl groups excluding tert-OH is 1. The molecule has 0 radical (unpaired) electrons. The van der Waals surface area contributed by atoms with Crippen LogP contribution in [-0.4, -0.2) is 16.2 Å². The summed E-state index contributed by atoms with van der Waals surface area (Å²) in [5, 5.41) is 18.2. The van der Waals surface area contributed by atoms with Gasteiger partial charge in [0.2, 0.25) is 0 Å². The van der Waals surface area contributed by atoms with Crippen molar-refractivity contribution in [3.63, 3.8) is 0 Å². The summed E-state index contributed by atoms with van der Waals surface area (Å²) < 4.78 is 0. The summed E-state index contributed by atoms with van der Waals surface area (Å²) in [6.07, 6.45) is 23.1. The van der Waals surface area contributed by atoms with Gasteiger partial charge in [0.15, 0.2) is 0 Å². The first-order chi connectivity index (χ1) is 11.2. The number of aliphatic hydroxyl groups is 1. The average molecular weight is 320 g/mol. The first kappa shape index (κ1) is 21.2. The van der Waals surface area contributed by atoms with E-state index < -0.39 is 5.97 Å². The number of rotatable bonds is 14. The highest BCUT2D eigenvalue weighted by atomic mass is 16.4. The normalized spacial score (nSPS) is 12.8. The van der Waals surface area contributed by atoms with E-state index in [4.69, 9.17) is 5.11 Å². The third-order valence-corrected chi connectivity index (χ3v) is 3.34. The minimum absolute atomic E-state index is 0.216. The molecule has 0 aromatic heterocycles. The average Bonchev–Trinajstić information content (AvgIpc) is 2.52. The molecule has 0 aromatic rings. The topological polar surface area (TPSA) is 57.5 Å². The molecule has 0 spiro atoms. The quantitative estimate of drug-likeness (QED) is 0.176. The summed E-state index contributed by atoms with van der Waals surface area (Å²) in [6.45, 7) is 2.21. The Hall–Kier alpha value is -1.77. The Balaban J connectivity index is 3.64. The molecule has 0 heterocycles. The zero-order chi connectivity index (χ0) is 17.2. The van der Waals surface area contributed by atoms with Crippen molar-refractivity contribution in [3.8, 4) is 0 Å². The Morgan fingerprint density at radius 2 is 1.48 bits per heavy atom. The monoisotopic (exact) mass is 320 g/mol. The molecule has 0 aliphatic carbocycles. The van der Waals surface area contributed by atoms with Crippen LogP contribution in [0.15, 0.2) is 48.3 Å². The van der Waals surface area contributed by atoms with Crippen LogP contribution in [0.4, 0.5) is 0 Å². The van der Waals surface area contributed by atoms with E-state index in [0.717, 1.165) is 25.7 Å². The molecule has 0 atom stereocenters. The van der Waals surface area contributed by atoms with Gasteiger partial charge in [-0.15, -0.1) is 0 Å². The van der Waals surface area contributed by atoms with E-state index in [0.29, 0.717) is 6.42 Å². The SMILES string of the molecule is CCCCC/C=C/C/C=C/C/C=C(O)/C=C/CCCCC(=O)O. The Labute approximate surface area is 141 Å². The maximum atomic E-state index is 10.3. The largest absolute Gasteiger partial charge is 0.508 e. The fourth-order valence-corrected chi connectivity index (χ4v) is 2.00. The lowest BCUT2D eigenvalue weighted by molar-refractivity contribution is -0.137. The Morgan fingerprint density at radius 3 is 2.22 bits per heavy atom. The van der Waals surface area contributed by atoms with E-state index in [2.05, 4.69) is 25.2 Å². The predicted octanol–water partition coefficient (Wildman–Crippen LogP) is 6.10. The third kappa shape index (κ3) is 18.2. The molecule has 0 aliphatic rings. The fraction of sp³-hybridized carbons (Fsp3) is 0.550. The second-order valence-corrected chi connectivity index (χ2v) is 5.58. The maximum Gasteiger partial charge on any atom is 0.303 e. The van der Waals surface area contributed by atoms with Crippen molar-refractivity contribution >= 4 is 5.97 Å². The number of carbonyl (C=O) groups is 1. The first-order valence-electron chi connectivity index (χ1n) is 8.74. The summed E-state index contributed by atoms with van der Waals surface area (Å²) in [7, 11) is 0. The summed E-state index contributed by atoms with van der Waals surface area (Å²) in [5.41, 5.74) is 0. The minimum atomic E-state index is -0.751. The molecule has 3 heteroatoms. The van der Waals surface area contributed by atoms with Crippen LogP contribution in [-0.2, 0) is 4.79 Å². The smallest absolute Gasteiger partial charge is 0.303 e. The van der Waals surface area contributed by atoms with E-state index in [9.17, 15) is 9.90 Å². The van der Waals surface area contributed by atoms with Crippen molar-refractivity contribution in [1.82, 2.24) is 0 Å². The zero-order valence-corrected chi connectivity index (χ0v) is 14.4. The first-order valence-corrected chi connectivity index (χ1v) is 8.74. The fourth-order valence-electron chi connectivity index (χ4n) is 2.00. The van der Waals surface area contributed by atoms with Crippen molar-refractivity contribution < 1.29 is 15.0 Å². The van der Waals surface area contributed by atoms with Gasteiger partial charge in [-0.25, -0.2) is 0 Å². The van der Waals surface area contributed by atoms with Crippen molar-refractivity contribution in [2.45, 2.75) is 71.1 Å². The van der Waals surface area contributed by atoms with Crippen LogP contribution in [0.3, 0.4) is 0 Å². The van der Waals surface area contributed by atoms with Gasteiger partial charge in [-0.1, -0.05) is 50.1 Å². The number of hydrogen-bond acceptors (Lipinski definition) is 2. The lowest BCUT2D eigenvalue weighted by atomic mass is 10.2. The molecule has 0 fully saturated rings. The van der Waals surface area contributed by atoms with Crippen LogP contribution >= 0.6 is 0 Å². The number of unbranched alkanes of at least 4 members (excludes halogenated alkanes) is 5. The van der Waals surface area contributed by atoms with Crippen LogP contribution in [0.1, 0.15) is 71.1 Å². The van der Waals surface area contributed by atoms with Crippen molar-refractivity contribution in [2.24, 2.45) is 0 Å². The van der Waals surface area contributed by atoms with Gasteiger partial charge in [0.25, 0.3) is 0 Å². The second-order valence-electron chi connectivity index (χ2n) is 5.58. The van der Waals surface area contributed by atoms with E-state index in [1.54, 1.807) is 12.2 Å². The lowest BCUT2D eigenvalue weighted by Crippen LogP contribution is -1.92. The molecule has 0 saturated carbocycles. The molecule has 0 aromatic carbocycles. The van der Waals surface area contributed by atoms with Crippen LogP contribution in [0.2, 0.25) is 0 Å². The van der Waals surface area contributed by atoms with Crippen LogP contribution in [0.25, 0.3) is 0 Å². The number of carboxylic acid groups (broad SMARTS) is 1. The summed E-state index contributed by atoms with van der Waals surface area (Å²) in [4.78, 5) is 10.3. The number of carboxylic acids is 1. The molecule has 0 bridgehead atoms. The van der Waals surface area contributed by atoms with Gasteiger partial charge in [0, 0.05) is 6.42 Å². The summed E-state index contributed by atoms with van der Waals surface area (Å²) in [5.74, 6) is -0.484. The molecule has 23 heavy (non-hydrogen) atoms. The van der Waals surface area contributed by atoms with Gasteiger partial charge in [-0.05, 0) is 57.1 Å². The number of aliphatic carboxylic acids is 1. The summed E-state index contributed by atoms with van der Waals surface area (Å²) >= 11 is 0. The minimum Gasteiger partial charge on any atom is -0.508 e. The summed E-state index contributed by atoms with van der Waals surface area (Å²) in [6, 6.07) is 0. The van der Waals surface area contributed by atoms with Gasteiger partial charge in [-0.3, -0.25) is 4.79 Å². The van der Waals surface area contributed by atoms with Crippen LogP contribution in [0, 0.1) is 0 Å². The van der Waals surface area contributed by atoms with Gasteiger partial charge in [0.05, 0.1) is 0 Å². The van der Waals surface area contributed by atoms with Crippen molar-refractivity contribution in [3.05, 3.63) is 48.3 Å². The van der Waals surface area contributed by atoms with E-state index in [-0.39, 0.29) is 12.2 Å². The van der Waals surface area contributed by atoms with Crippen molar-refractivity contribution in [2.75, 3.05) is 0 Å². The molecule has 2 N–H and O–H groups in total. The van der Waals surface area contributed by atoms with Gasteiger partial charge < -0.3 is 10.2 Å². The van der Waals surface area contributed by atoms with Gasteiger partial charge >= 0.3 is 5.97 Å². The predicted molar refractivity (Wildman–Crippen MR) is 97.6 cm³/mol. The number of hydrogen-bond donors (Lipinski definition) is 2.